The van der Waals surface area contributed by atoms with E-state index in [0.29, 0.717) is 0 Å². The van der Waals surface area contributed by atoms with Gasteiger partial charge in [-0.2, -0.15) is 0 Å². The summed E-state index contributed by atoms with van der Waals surface area (Å²) in [6.45, 7) is 0.270. The quantitative estimate of drug-likeness (QED) is 0.845. The Hall–Kier alpha value is -2.76. The lowest BCUT2D eigenvalue weighted by Gasteiger charge is -2.09. The topological polar surface area (TPSA) is 77.9 Å². The van der Waals surface area contributed by atoms with Crippen LogP contribution in [-0.2, 0) is 6.61 Å². The summed E-state index contributed by atoms with van der Waals surface area (Å²) in [4.78, 5) is 14.3. The summed E-state index contributed by atoms with van der Waals surface area (Å²) in [5.41, 5.74) is 0.913. The fourth-order valence-corrected chi connectivity index (χ4v) is 1.53. The predicted octanol–water partition coefficient (Wildman–Crippen LogP) is 2.73. The van der Waals surface area contributed by atoms with Gasteiger partial charge >= 0.3 is 6.16 Å². The number of benzene rings is 1. The van der Waals surface area contributed by atoms with Crippen molar-refractivity contribution < 1.29 is 24.1 Å². The highest BCUT2D eigenvalue weighted by molar-refractivity contribution is 5.61. The largest absolute Gasteiger partial charge is 0.512 e. The molecule has 1 N–H and O–H groups in total. The minimum Gasteiger partial charge on any atom is -0.497 e. The van der Waals surface area contributed by atoms with Crippen LogP contribution >= 0.6 is 0 Å². The van der Waals surface area contributed by atoms with Crippen molar-refractivity contribution >= 4 is 6.16 Å². The van der Waals surface area contributed by atoms with Gasteiger partial charge in [-0.05, 0) is 29.8 Å². The van der Waals surface area contributed by atoms with Gasteiger partial charge in [-0.25, -0.2) is 9.78 Å². The number of ether oxygens (including phenoxy) is 3. The lowest BCUT2D eigenvalue weighted by atomic mass is 10.2. The first-order valence-electron chi connectivity index (χ1n) is 5.80. The predicted molar refractivity (Wildman–Crippen MR) is 70.2 cm³/mol. The Balaban J connectivity index is 2.04. The molecule has 1 aromatic carbocycles. The highest BCUT2D eigenvalue weighted by atomic mass is 16.7. The number of rotatable bonds is 5. The molecule has 6 nitrogen and oxygen atoms in total. The molecule has 0 aliphatic heterocycles. The molecule has 1 heterocycles. The first-order valence-corrected chi connectivity index (χ1v) is 5.80. The van der Waals surface area contributed by atoms with Crippen LogP contribution in [0.25, 0.3) is 0 Å². The van der Waals surface area contributed by atoms with Crippen LogP contribution in [0.4, 0.5) is 4.79 Å². The second kappa shape index (κ2) is 6.42. The summed E-state index contributed by atoms with van der Waals surface area (Å²) in [7, 11) is 1.59. The fourth-order valence-electron chi connectivity index (χ4n) is 1.53. The molecule has 0 aliphatic rings. The van der Waals surface area contributed by atoms with Crippen molar-refractivity contribution in [2.45, 2.75) is 6.61 Å². The lowest BCUT2D eigenvalue weighted by Crippen LogP contribution is -2.06. The molecular weight excluding hydrogens is 262 g/mol. The lowest BCUT2D eigenvalue weighted by molar-refractivity contribution is 0.139. The van der Waals surface area contributed by atoms with Gasteiger partial charge in [-0.3, -0.25) is 0 Å². The summed E-state index contributed by atoms with van der Waals surface area (Å²) < 4.78 is 15.1. The molecule has 0 fully saturated rings. The van der Waals surface area contributed by atoms with Crippen LogP contribution in [0.5, 0.6) is 17.4 Å². The van der Waals surface area contributed by atoms with Crippen molar-refractivity contribution in [1.29, 1.82) is 0 Å². The minimum absolute atomic E-state index is 0.0755. The first kappa shape index (κ1) is 13.7. The third kappa shape index (κ3) is 3.61. The Morgan fingerprint density at radius 3 is 2.65 bits per heavy atom. The number of methoxy groups -OCH3 is 1. The highest BCUT2D eigenvalue weighted by Gasteiger charge is 2.10. The third-order valence-electron chi connectivity index (χ3n) is 2.47. The van der Waals surface area contributed by atoms with Gasteiger partial charge in [0.15, 0.2) is 5.75 Å². The smallest absolute Gasteiger partial charge is 0.497 e. The number of hydrogen-bond acceptors (Lipinski definition) is 5. The highest BCUT2D eigenvalue weighted by Crippen LogP contribution is 2.24. The van der Waals surface area contributed by atoms with Crippen LogP contribution in [0.15, 0.2) is 42.6 Å². The van der Waals surface area contributed by atoms with Gasteiger partial charge in [-0.1, -0.05) is 12.1 Å². The summed E-state index contributed by atoms with van der Waals surface area (Å²) in [6, 6.07) is 10.6. The molecule has 1 aromatic heterocycles. The van der Waals surface area contributed by atoms with Crippen LogP contribution in [0.2, 0.25) is 0 Å². The van der Waals surface area contributed by atoms with Crippen LogP contribution < -0.4 is 14.2 Å². The average Bonchev–Trinajstić information content (AvgIpc) is 2.46. The molecule has 0 saturated heterocycles. The minimum atomic E-state index is -1.43. The Bertz CT molecular complexity index is 582. The van der Waals surface area contributed by atoms with E-state index in [2.05, 4.69) is 9.72 Å². The monoisotopic (exact) mass is 275 g/mol. The zero-order valence-corrected chi connectivity index (χ0v) is 10.8. The molecular formula is C14H13NO5. The van der Waals surface area contributed by atoms with Crippen LogP contribution in [-0.4, -0.2) is 23.4 Å². The Morgan fingerprint density at radius 1 is 1.25 bits per heavy atom. The zero-order valence-electron chi connectivity index (χ0n) is 10.8. The van der Waals surface area contributed by atoms with Gasteiger partial charge in [0.1, 0.15) is 12.4 Å². The molecule has 0 atom stereocenters. The molecule has 0 aliphatic carbocycles. The van der Waals surface area contributed by atoms with Crippen molar-refractivity contribution in [1.82, 2.24) is 4.98 Å². The molecule has 0 radical (unpaired) electrons. The second-order valence-electron chi connectivity index (χ2n) is 3.81. The van der Waals surface area contributed by atoms with Gasteiger partial charge in [0.25, 0.3) is 5.88 Å². The molecule has 104 valence electrons. The SMILES string of the molecule is COc1ccc(COc2cccnc2OC(=O)O)cc1. The van der Waals surface area contributed by atoms with Crippen LogP contribution in [0.3, 0.4) is 0 Å². The van der Waals surface area contributed by atoms with E-state index in [1.54, 1.807) is 19.2 Å². The summed E-state index contributed by atoms with van der Waals surface area (Å²) >= 11 is 0. The van der Waals surface area contributed by atoms with Crippen molar-refractivity contribution in [3.8, 4) is 17.4 Å². The van der Waals surface area contributed by atoms with Crippen LogP contribution in [0.1, 0.15) is 5.56 Å². The van der Waals surface area contributed by atoms with Crippen molar-refractivity contribution in [2.75, 3.05) is 7.11 Å². The van der Waals surface area contributed by atoms with Gasteiger partial charge in [0.05, 0.1) is 7.11 Å². The Labute approximate surface area is 115 Å². The normalized spacial score (nSPS) is 9.85. The fraction of sp³-hybridized carbons (Fsp3) is 0.143. The third-order valence-corrected chi connectivity index (χ3v) is 2.47. The molecule has 0 unspecified atom stereocenters. The van der Waals surface area contributed by atoms with E-state index in [-0.39, 0.29) is 18.2 Å². The maximum atomic E-state index is 10.5. The average molecular weight is 275 g/mol. The van der Waals surface area contributed by atoms with E-state index >= 15 is 0 Å². The number of aromatic nitrogens is 1. The molecule has 0 amide bonds. The molecule has 2 aromatic rings. The van der Waals surface area contributed by atoms with E-state index in [4.69, 9.17) is 14.6 Å². The molecule has 0 bridgehead atoms. The second-order valence-corrected chi connectivity index (χ2v) is 3.81. The van der Waals surface area contributed by atoms with Crippen molar-refractivity contribution in [3.05, 3.63) is 48.2 Å². The Morgan fingerprint density at radius 2 is 2.00 bits per heavy atom. The molecule has 6 heteroatoms. The van der Waals surface area contributed by atoms with Gasteiger partial charge in [-0.15, -0.1) is 0 Å². The van der Waals surface area contributed by atoms with Crippen molar-refractivity contribution in [3.63, 3.8) is 0 Å². The Kier molecular flexibility index (Phi) is 4.39. The molecule has 20 heavy (non-hydrogen) atoms. The zero-order chi connectivity index (χ0) is 14.4. The van der Waals surface area contributed by atoms with Crippen LogP contribution in [0, 0.1) is 0 Å². The molecule has 0 spiro atoms. The number of carbonyl (C=O) groups is 1. The summed E-state index contributed by atoms with van der Waals surface area (Å²) in [5, 5.41) is 8.60. The maximum absolute atomic E-state index is 10.5. The van der Waals surface area contributed by atoms with E-state index in [1.165, 1.54) is 6.20 Å². The standard InChI is InChI=1S/C14H13NO5/c1-18-11-6-4-10(5-7-11)9-19-12-3-2-8-15-13(12)20-14(16)17/h2-8H,9H2,1H3,(H,16,17). The molecule has 2 rings (SSSR count). The van der Waals surface area contributed by atoms with Crippen molar-refractivity contribution in [2.24, 2.45) is 0 Å². The maximum Gasteiger partial charge on any atom is 0.512 e. The summed E-state index contributed by atoms with van der Waals surface area (Å²) in [5.74, 6) is 0.948. The number of pyridine rings is 1. The number of nitrogens with zero attached hydrogens (tertiary/aromatic N) is 1. The van der Waals surface area contributed by atoms with Gasteiger partial charge < -0.3 is 19.3 Å². The van der Waals surface area contributed by atoms with Gasteiger partial charge in [0, 0.05) is 6.20 Å². The number of hydrogen-bond donors (Lipinski definition) is 1. The molecule has 0 saturated carbocycles. The summed E-state index contributed by atoms with van der Waals surface area (Å²) in [6.07, 6.45) is -0.00333. The van der Waals surface area contributed by atoms with E-state index < -0.39 is 6.16 Å². The van der Waals surface area contributed by atoms with E-state index in [9.17, 15) is 4.79 Å². The van der Waals surface area contributed by atoms with Gasteiger partial charge in [0.2, 0.25) is 0 Å². The van der Waals surface area contributed by atoms with E-state index in [1.807, 2.05) is 24.3 Å². The number of carboxylic acid groups (broad SMARTS) is 1. The van der Waals surface area contributed by atoms with E-state index in [0.717, 1.165) is 11.3 Å². The first-order chi connectivity index (χ1) is 9.69.